The third-order valence-electron chi connectivity index (χ3n) is 7.24. The zero-order valence-electron chi connectivity index (χ0n) is 22.3. The molecule has 0 radical (unpaired) electrons. The molecule has 1 fully saturated rings. The largest absolute Gasteiger partial charge is 0.373 e. The van der Waals surface area contributed by atoms with Crippen molar-refractivity contribution in [2.45, 2.75) is 25.7 Å². The highest BCUT2D eigenvalue weighted by Gasteiger charge is 2.21. The van der Waals surface area contributed by atoms with E-state index in [9.17, 15) is 0 Å². The van der Waals surface area contributed by atoms with E-state index in [1.165, 1.54) is 37.9 Å². The lowest BCUT2D eigenvalue weighted by Crippen LogP contribution is -2.36. The zero-order valence-corrected chi connectivity index (χ0v) is 26.4. The van der Waals surface area contributed by atoms with Crippen molar-refractivity contribution in [1.29, 1.82) is 0 Å². The first-order chi connectivity index (χ1) is 17.6. The van der Waals surface area contributed by atoms with Crippen molar-refractivity contribution >= 4 is 77.5 Å². The molecule has 5 rings (SSSR count). The van der Waals surface area contributed by atoms with Crippen LogP contribution in [0.3, 0.4) is 0 Å². The minimum Gasteiger partial charge on any atom is -0.373 e. The summed E-state index contributed by atoms with van der Waals surface area (Å²) in [6.45, 7) is 4.48. The van der Waals surface area contributed by atoms with Crippen LogP contribution in [0.15, 0.2) is 66.9 Å². The van der Waals surface area contributed by atoms with Gasteiger partial charge in [-0.3, -0.25) is 8.96 Å². The average molecular weight is 630 g/mol. The Balaban J connectivity index is 0.00000178. The summed E-state index contributed by atoms with van der Waals surface area (Å²) in [6, 6.07) is 21.1. The second kappa shape index (κ2) is 15.9. The minimum absolute atomic E-state index is 0. The Hall–Kier alpha value is -1.67. The van der Waals surface area contributed by atoms with Crippen LogP contribution in [-0.2, 0) is 6.42 Å². The first-order valence-corrected chi connectivity index (χ1v) is 14.3. The van der Waals surface area contributed by atoms with E-state index < -0.39 is 0 Å². The van der Waals surface area contributed by atoms with E-state index in [0.29, 0.717) is 5.02 Å². The van der Waals surface area contributed by atoms with E-state index in [0.717, 1.165) is 53.7 Å². The van der Waals surface area contributed by atoms with Gasteiger partial charge in [0.2, 0.25) is 0 Å². The number of halogens is 4. The third kappa shape index (κ3) is 7.96. The first kappa shape index (κ1) is 33.5. The molecule has 0 amide bonds. The van der Waals surface area contributed by atoms with Crippen LogP contribution in [0, 0.1) is 5.92 Å². The molecule has 5 nitrogen and oxygen atoms in total. The molecule has 0 saturated carbocycles. The standard InChI is InChI=1S/C29H34ClN5S.3ClH/c1-33(17-8-18-34-19-14-23(15-20-34)21-22-9-4-3-5-10-22)26-13-16-31-28(27(26)30)29-32-24-11-6-7-12-25(24)35(29)36-2;;;/h3-7,9-13,16,23H,8,14-15,17-21H2,1-2H3;3*1H. The van der Waals surface area contributed by atoms with Crippen molar-refractivity contribution in [3.05, 3.63) is 77.4 Å². The summed E-state index contributed by atoms with van der Waals surface area (Å²) in [6.07, 6.45) is 8.80. The number of aromatic nitrogens is 3. The van der Waals surface area contributed by atoms with Gasteiger partial charge in [0.15, 0.2) is 5.82 Å². The molecule has 0 N–H and O–H groups in total. The Kier molecular flexibility index (Phi) is 13.7. The van der Waals surface area contributed by atoms with Crippen molar-refractivity contribution < 1.29 is 0 Å². The van der Waals surface area contributed by atoms with Crippen molar-refractivity contribution in [2.75, 3.05) is 44.4 Å². The van der Waals surface area contributed by atoms with E-state index >= 15 is 0 Å². The summed E-state index contributed by atoms with van der Waals surface area (Å²) >= 11 is 8.54. The molecular weight excluding hydrogens is 592 g/mol. The van der Waals surface area contributed by atoms with Gasteiger partial charge in [-0.1, -0.05) is 54.1 Å². The Morgan fingerprint density at radius 2 is 1.67 bits per heavy atom. The number of likely N-dealkylation sites (tertiary alicyclic amines) is 1. The fourth-order valence-corrected chi connectivity index (χ4v) is 6.23. The number of rotatable bonds is 9. The Morgan fingerprint density at radius 3 is 2.38 bits per heavy atom. The Morgan fingerprint density at radius 1 is 0.974 bits per heavy atom. The van der Waals surface area contributed by atoms with Gasteiger partial charge >= 0.3 is 0 Å². The number of pyridine rings is 1. The molecular formula is C29H37Cl4N5S. The van der Waals surface area contributed by atoms with Crippen molar-refractivity contribution in [3.8, 4) is 11.5 Å². The van der Waals surface area contributed by atoms with Gasteiger partial charge < -0.3 is 9.80 Å². The number of para-hydroxylation sites is 2. The lowest BCUT2D eigenvalue weighted by atomic mass is 9.90. The molecule has 39 heavy (non-hydrogen) atoms. The highest BCUT2D eigenvalue weighted by atomic mass is 35.5. The fourth-order valence-electron chi connectivity index (χ4n) is 5.24. The lowest BCUT2D eigenvalue weighted by molar-refractivity contribution is 0.183. The van der Waals surface area contributed by atoms with Crippen LogP contribution in [0.4, 0.5) is 5.69 Å². The Labute approximate surface area is 260 Å². The minimum atomic E-state index is 0. The molecule has 2 aromatic carbocycles. The quantitative estimate of drug-likeness (QED) is 0.188. The molecule has 0 aliphatic carbocycles. The first-order valence-electron chi connectivity index (χ1n) is 12.8. The predicted octanol–water partition coefficient (Wildman–Crippen LogP) is 7.92. The van der Waals surface area contributed by atoms with Crippen LogP contribution < -0.4 is 4.90 Å². The molecule has 10 heteroatoms. The maximum atomic E-state index is 6.93. The summed E-state index contributed by atoms with van der Waals surface area (Å²) in [7, 11) is 2.12. The van der Waals surface area contributed by atoms with Gasteiger partial charge in [-0.05, 0) is 86.9 Å². The normalized spacial score (nSPS) is 13.8. The molecule has 212 valence electrons. The average Bonchev–Trinajstić information content (AvgIpc) is 3.29. The smallest absolute Gasteiger partial charge is 0.171 e. The second-order valence-electron chi connectivity index (χ2n) is 9.64. The van der Waals surface area contributed by atoms with Crippen LogP contribution >= 0.6 is 60.8 Å². The molecule has 4 aromatic rings. The number of anilines is 1. The summed E-state index contributed by atoms with van der Waals surface area (Å²) in [5, 5.41) is 0.660. The predicted molar refractivity (Wildman–Crippen MR) is 176 cm³/mol. The Bertz CT molecular complexity index is 1300. The van der Waals surface area contributed by atoms with Crippen molar-refractivity contribution in [1.82, 2.24) is 18.8 Å². The van der Waals surface area contributed by atoms with Gasteiger partial charge in [-0.15, -0.1) is 37.2 Å². The van der Waals surface area contributed by atoms with E-state index in [-0.39, 0.29) is 37.2 Å². The second-order valence-corrected chi connectivity index (χ2v) is 10.8. The van der Waals surface area contributed by atoms with E-state index in [1.54, 1.807) is 11.9 Å². The maximum absolute atomic E-state index is 6.93. The van der Waals surface area contributed by atoms with Crippen molar-refractivity contribution in [3.63, 3.8) is 0 Å². The number of fused-ring (bicyclic) bond motifs is 1. The van der Waals surface area contributed by atoms with Gasteiger partial charge in [0.25, 0.3) is 0 Å². The van der Waals surface area contributed by atoms with E-state index in [2.05, 4.69) is 62.2 Å². The van der Waals surface area contributed by atoms with Crippen LogP contribution in [-0.4, -0.2) is 58.3 Å². The lowest BCUT2D eigenvalue weighted by Gasteiger charge is -2.32. The molecule has 1 aliphatic rings. The summed E-state index contributed by atoms with van der Waals surface area (Å²) in [5.41, 5.74) is 5.23. The molecule has 0 bridgehead atoms. The van der Waals surface area contributed by atoms with Crippen LogP contribution in [0.25, 0.3) is 22.6 Å². The molecule has 0 unspecified atom stereocenters. The third-order valence-corrected chi connectivity index (χ3v) is 8.34. The van der Waals surface area contributed by atoms with Gasteiger partial charge in [0.1, 0.15) is 5.69 Å². The van der Waals surface area contributed by atoms with E-state index in [1.807, 2.05) is 36.7 Å². The fraction of sp³-hybridized carbons (Fsp3) is 0.379. The molecule has 0 spiro atoms. The zero-order chi connectivity index (χ0) is 24.9. The number of hydrogen-bond donors (Lipinski definition) is 0. The number of benzene rings is 2. The molecule has 2 aromatic heterocycles. The van der Waals surface area contributed by atoms with E-state index in [4.69, 9.17) is 16.6 Å². The number of nitrogens with zero attached hydrogens (tertiary/aromatic N) is 5. The van der Waals surface area contributed by atoms with Gasteiger partial charge in [-0.2, -0.15) is 0 Å². The number of imidazole rings is 1. The van der Waals surface area contributed by atoms with Crippen molar-refractivity contribution in [2.24, 2.45) is 5.92 Å². The molecule has 3 heterocycles. The number of piperidine rings is 1. The van der Waals surface area contributed by atoms with Crippen LogP contribution in [0.5, 0.6) is 0 Å². The summed E-state index contributed by atoms with van der Waals surface area (Å²) in [5.74, 6) is 1.60. The molecule has 1 aliphatic heterocycles. The molecule has 1 saturated heterocycles. The SMILES string of the molecule is CSn1c(-c2nccc(N(C)CCCN3CCC(Cc4ccccc4)CC3)c2Cl)nc2ccccc21.Cl.Cl.Cl. The highest BCUT2D eigenvalue weighted by molar-refractivity contribution is 7.97. The van der Waals surface area contributed by atoms with Crippen LogP contribution in [0.1, 0.15) is 24.8 Å². The summed E-state index contributed by atoms with van der Waals surface area (Å²) in [4.78, 5) is 14.3. The van der Waals surface area contributed by atoms with Gasteiger partial charge in [0, 0.05) is 26.0 Å². The monoisotopic (exact) mass is 627 g/mol. The van der Waals surface area contributed by atoms with Crippen LogP contribution in [0.2, 0.25) is 5.02 Å². The van der Waals surface area contributed by atoms with Gasteiger partial charge in [0.05, 0.1) is 21.7 Å². The maximum Gasteiger partial charge on any atom is 0.171 e. The summed E-state index contributed by atoms with van der Waals surface area (Å²) < 4.78 is 2.11. The highest BCUT2D eigenvalue weighted by Crippen LogP contribution is 2.36. The molecule has 0 atom stereocenters. The topological polar surface area (TPSA) is 37.2 Å². The van der Waals surface area contributed by atoms with Gasteiger partial charge in [-0.25, -0.2) is 4.98 Å². The number of hydrogen-bond acceptors (Lipinski definition) is 5.